The first kappa shape index (κ1) is 22.5. The van der Waals surface area contributed by atoms with Crippen molar-refractivity contribution in [3.63, 3.8) is 0 Å². The third-order valence-corrected chi connectivity index (χ3v) is 3.87. The maximum atomic E-state index is 14.1. The molecule has 146 valence electrons. The van der Waals surface area contributed by atoms with Gasteiger partial charge in [0.05, 0.1) is 23.7 Å². The van der Waals surface area contributed by atoms with E-state index in [0.29, 0.717) is 34.3 Å². The number of hydrogen-bond donors (Lipinski definition) is 1. The van der Waals surface area contributed by atoms with Gasteiger partial charge in [-0.15, -0.1) is 0 Å². The number of ether oxygens (including phenoxy) is 1. The Morgan fingerprint density at radius 3 is 2.37 bits per heavy atom. The Morgan fingerprint density at radius 2 is 1.85 bits per heavy atom. The van der Waals surface area contributed by atoms with E-state index >= 15 is 0 Å². The molecule has 27 heavy (non-hydrogen) atoms. The molecule has 4 nitrogen and oxygen atoms in total. The fraction of sp³-hybridized carbons (Fsp3) is 0.429. The number of hydrogen-bond acceptors (Lipinski definition) is 4. The zero-order valence-electron chi connectivity index (χ0n) is 16.7. The second-order valence-corrected chi connectivity index (χ2v) is 6.15. The SMILES string of the molecule is CC.CC(F)(F)C1c2cc(C#N)ccc2Nc2ncccc21.COC(C)C. The fourth-order valence-corrected chi connectivity index (χ4v) is 2.58. The van der Waals surface area contributed by atoms with Gasteiger partial charge in [-0.3, -0.25) is 0 Å². The molecule has 1 aromatic heterocycles. The van der Waals surface area contributed by atoms with Gasteiger partial charge in [-0.1, -0.05) is 19.9 Å². The summed E-state index contributed by atoms with van der Waals surface area (Å²) in [6, 6.07) is 10.0. The van der Waals surface area contributed by atoms with Gasteiger partial charge < -0.3 is 10.1 Å². The number of fused-ring (bicyclic) bond motifs is 2. The van der Waals surface area contributed by atoms with Crippen LogP contribution < -0.4 is 5.32 Å². The van der Waals surface area contributed by atoms with Crippen molar-refractivity contribution in [1.29, 1.82) is 5.26 Å². The Morgan fingerprint density at radius 1 is 1.22 bits per heavy atom. The molecule has 1 atom stereocenters. The van der Waals surface area contributed by atoms with Gasteiger partial charge in [0.25, 0.3) is 5.92 Å². The Labute approximate surface area is 160 Å². The molecule has 0 saturated heterocycles. The smallest absolute Gasteiger partial charge is 0.256 e. The van der Waals surface area contributed by atoms with Gasteiger partial charge >= 0.3 is 0 Å². The predicted octanol–water partition coefficient (Wildman–Crippen LogP) is 5.86. The molecule has 3 rings (SSSR count). The lowest BCUT2D eigenvalue weighted by molar-refractivity contribution is 0.00447. The van der Waals surface area contributed by atoms with Crippen molar-refractivity contribution in [3.8, 4) is 6.07 Å². The largest absolute Gasteiger partial charge is 0.382 e. The molecule has 1 unspecified atom stereocenters. The Hall–Kier alpha value is -2.52. The number of methoxy groups -OCH3 is 1. The first-order valence-electron chi connectivity index (χ1n) is 8.94. The van der Waals surface area contributed by atoms with Crippen molar-refractivity contribution in [2.24, 2.45) is 0 Å². The molecule has 1 aliphatic rings. The van der Waals surface area contributed by atoms with E-state index in [2.05, 4.69) is 10.3 Å². The molecule has 2 aromatic rings. The van der Waals surface area contributed by atoms with E-state index in [0.717, 1.165) is 6.92 Å². The topological polar surface area (TPSA) is 57.9 Å². The minimum atomic E-state index is -2.94. The molecule has 0 fully saturated rings. The number of halogens is 2. The normalized spacial score (nSPS) is 14.3. The van der Waals surface area contributed by atoms with E-state index < -0.39 is 11.8 Å². The van der Waals surface area contributed by atoms with Crippen molar-refractivity contribution in [3.05, 3.63) is 53.2 Å². The maximum Gasteiger partial charge on any atom is 0.256 e. The quantitative estimate of drug-likeness (QED) is 0.714. The molecular weight excluding hydrogens is 348 g/mol. The summed E-state index contributed by atoms with van der Waals surface area (Å²) in [5.41, 5.74) is 1.81. The summed E-state index contributed by atoms with van der Waals surface area (Å²) in [6.07, 6.45) is 1.95. The molecule has 1 aromatic carbocycles. The number of benzene rings is 1. The highest BCUT2D eigenvalue weighted by Gasteiger charge is 2.41. The molecule has 2 heterocycles. The Bertz CT molecular complexity index is 780. The van der Waals surface area contributed by atoms with E-state index in [1.165, 1.54) is 6.07 Å². The monoisotopic (exact) mass is 375 g/mol. The number of nitriles is 1. The lowest BCUT2D eigenvalue weighted by atomic mass is 9.83. The van der Waals surface area contributed by atoms with Crippen LogP contribution in [0.4, 0.5) is 20.3 Å². The minimum absolute atomic E-state index is 0.368. The summed E-state index contributed by atoms with van der Waals surface area (Å²) in [5.74, 6) is -3.60. The molecule has 0 radical (unpaired) electrons. The maximum absolute atomic E-state index is 14.1. The first-order chi connectivity index (χ1) is 12.8. The minimum Gasteiger partial charge on any atom is -0.382 e. The van der Waals surface area contributed by atoms with E-state index in [4.69, 9.17) is 10.00 Å². The molecular formula is C21H27F2N3O. The predicted molar refractivity (Wildman–Crippen MR) is 105 cm³/mol. The summed E-state index contributed by atoms with van der Waals surface area (Å²) in [7, 11) is 1.70. The van der Waals surface area contributed by atoms with Crippen LogP contribution in [0.2, 0.25) is 0 Å². The average Bonchev–Trinajstić information content (AvgIpc) is 2.66. The molecule has 0 amide bonds. The van der Waals surface area contributed by atoms with E-state index in [9.17, 15) is 8.78 Å². The van der Waals surface area contributed by atoms with Gasteiger partial charge in [0.1, 0.15) is 5.82 Å². The summed E-state index contributed by atoms with van der Waals surface area (Å²) in [5, 5.41) is 12.0. The van der Waals surface area contributed by atoms with Crippen molar-refractivity contribution >= 4 is 11.5 Å². The van der Waals surface area contributed by atoms with Gasteiger partial charge in [0, 0.05) is 31.5 Å². The van der Waals surface area contributed by atoms with E-state index in [-0.39, 0.29) is 0 Å². The molecule has 0 spiro atoms. The Balaban J connectivity index is 0.000000454. The van der Waals surface area contributed by atoms with Crippen LogP contribution in [-0.4, -0.2) is 24.1 Å². The molecule has 0 aliphatic carbocycles. The lowest BCUT2D eigenvalue weighted by Crippen LogP contribution is -2.28. The molecule has 6 heteroatoms. The van der Waals surface area contributed by atoms with Crippen molar-refractivity contribution in [2.75, 3.05) is 12.4 Å². The van der Waals surface area contributed by atoms with Crippen LogP contribution in [0.15, 0.2) is 36.5 Å². The van der Waals surface area contributed by atoms with Gasteiger partial charge in [0.15, 0.2) is 0 Å². The van der Waals surface area contributed by atoms with Gasteiger partial charge in [-0.05, 0) is 43.7 Å². The molecule has 1 N–H and O–H groups in total. The molecule has 0 saturated carbocycles. The second kappa shape index (κ2) is 9.98. The summed E-state index contributed by atoms with van der Waals surface area (Å²) in [4.78, 5) is 4.12. The highest BCUT2D eigenvalue weighted by Crippen LogP contribution is 2.47. The van der Waals surface area contributed by atoms with Gasteiger partial charge in [-0.2, -0.15) is 5.26 Å². The van der Waals surface area contributed by atoms with Crippen molar-refractivity contribution in [1.82, 2.24) is 4.98 Å². The Kier molecular flexibility index (Phi) is 8.32. The molecule has 0 bridgehead atoms. The van der Waals surface area contributed by atoms with Crippen LogP contribution in [0.1, 0.15) is 57.2 Å². The highest BCUT2D eigenvalue weighted by atomic mass is 19.3. The lowest BCUT2D eigenvalue weighted by Gasteiger charge is -2.32. The number of pyridine rings is 1. The van der Waals surface area contributed by atoms with Crippen LogP contribution in [-0.2, 0) is 4.74 Å². The summed E-state index contributed by atoms with van der Waals surface area (Å²) < 4.78 is 32.9. The zero-order valence-corrected chi connectivity index (χ0v) is 16.7. The van der Waals surface area contributed by atoms with Crippen molar-refractivity contribution < 1.29 is 13.5 Å². The fourth-order valence-electron chi connectivity index (χ4n) is 2.58. The highest BCUT2D eigenvalue weighted by molar-refractivity contribution is 5.72. The summed E-state index contributed by atoms with van der Waals surface area (Å²) in [6.45, 7) is 8.89. The first-order valence-corrected chi connectivity index (χ1v) is 8.94. The molecule has 1 aliphatic heterocycles. The van der Waals surface area contributed by atoms with Crippen molar-refractivity contribution in [2.45, 2.75) is 52.6 Å². The number of nitrogens with zero attached hydrogens (tertiary/aromatic N) is 2. The van der Waals surface area contributed by atoms with Gasteiger partial charge in [0.2, 0.25) is 0 Å². The zero-order chi connectivity index (χ0) is 20.6. The van der Waals surface area contributed by atoms with E-state index in [1.54, 1.807) is 37.6 Å². The number of aromatic nitrogens is 1. The number of rotatable bonds is 2. The summed E-state index contributed by atoms with van der Waals surface area (Å²) >= 11 is 0. The third-order valence-electron chi connectivity index (χ3n) is 3.87. The van der Waals surface area contributed by atoms with Crippen LogP contribution in [0, 0.1) is 11.3 Å². The van der Waals surface area contributed by atoms with Gasteiger partial charge in [-0.25, -0.2) is 13.8 Å². The van der Waals surface area contributed by atoms with Crippen LogP contribution >= 0.6 is 0 Å². The van der Waals surface area contributed by atoms with Crippen LogP contribution in [0.5, 0.6) is 0 Å². The third kappa shape index (κ3) is 5.73. The van der Waals surface area contributed by atoms with E-state index in [1.807, 2.05) is 33.8 Å². The number of nitrogens with one attached hydrogen (secondary N) is 1. The standard InChI is InChI=1S/C15H11F2N3.C4H10O.C2H6/c1-15(16,17)13-10-3-2-6-19-14(10)20-12-5-4-9(8-18)7-11(12)13;1-4(2)5-3;1-2/h2-7,13H,1H3,(H,19,20);4H,1-3H3;1-2H3. The average molecular weight is 375 g/mol. The van der Waals surface area contributed by atoms with Crippen LogP contribution in [0.3, 0.4) is 0 Å². The number of alkyl halides is 2. The van der Waals surface area contributed by atoms with Crippen LogP contribution in [0.25, 0.3) is 0 Å². The second-order valence-electron chi connectivity index (χ2n) is 6.15. The number of anilines is 2.